The first-order chi connectivity index (χ1) is 8.66. The van der Waals surface area contributed by atoms with Crippen molar-refractivity contribution in [2.24, 2.45) is 5.92 Å². The Morgan fingerprint density at radius 2 is 2.00 bits per heavy atom. The van der Waals surface area contributed by atoms with Gasteiger partial charge in [0.05, 0.1) is 5.69 Å². The molecule has 18 heavy (non-hydrogen) atoms. The SMILES string of the molecule is Cc1nc(-c2ncccn2)sc1CNCC(C)C. The number of nitrogens with zero attached hydrogens (tertiary/aromatic N) is 3. The molecule has 0 radical (unpaired) electrons. The summed E-state index contributed by atoms with van der Waals surface area (Å²) in [6.45, 7) is 8.34. The molecular formula is C13H18N4S. The van der Waals surface area contributed by atoms with Gasteiger partial charge in [-0.25, -0.2) is 15.0 Å². The van der Waals surface area contributed by atoms with Crippen molar-refractivity contribution in [2.45, 2.75) is 27.3 Å². The van der Waals surface area contributed by atoms with Crippen molar-refractivity contribution in [1.82, 2.24) is 20.3 Å². The first-order valence-corrected chi connectivity index (χ1v) is 6.93. The van der Waals surface area contributed by atoms with E-state index in [1.165, 1.54) is 4.88 Å². The normalized spacial score (nSPS) is 11.1. The maximum atomic E-state index is 4.53. The minimum absolute atomic E-state index is 0.662. The van der Waals surface area contributed by atoms with Crippen molar-refractivity contribution in [3.05, 3.63) is 29.0 Å². The number of thiazole rings is 1. The molecule has 2 heterocycles. The van der Waals surface area contributed by atoms with Crippen molar-refractivity contribution < 1.29 is 0 Å². The Morgan fingerprint density at radius 3 is 2.67 bits per heavy atom. The minimum atomic E-state index is 0.662. The van der Waals surface area contributed by atoms with Crippen LogP contribution in [0.4, 0.5) is 0 Å². The van der Waals surface area contributed by atoms with E-state index in [4.69, 9.17) is 0 Å². The van der Waals surface area contributed by atoms with E-state index in [1.54, 1.807) is 23.7 Å². The van der Waals surface area contributed by atoms with Crippen LogP contribution in [0.5, 0.6) is 0 Å². The Kier molecular flexibility index (Phi) is 4.38. The second-order valence-electron chi connectivity index (χ2n) is 4.62. The van der Waals surface area contributed by atoms with Gasteiger partial charge in [-0.15, -0.1) is 11.3 Å². The van der Waals surface area contributed by atoms with Crippen LogP contribution in [0.2, 0.25) is 0 Å². The van der Waals surface area contributed by atoms with Gasteiger partial charge in [0, 0.05) is 23.8 Å². The third-order valence-electron chi connectivity index (χ3n) is 2.49. The molecule has 0 aliphatic rings. The van der Waals surface area contributed by atoms with E-state index in [2.05, 4.69) is 34.1 Å². The molecule has 0 unspecified atom stereocenters. The smallest absolute Gasteiger partial charge is 0.188 e. The Labute approximate surface area is 112 Å². The van der Waals surface area contributed by atoms with Crippen LogP contribution in [0.3, 0.4) is 0 Å². The molecule has 0 spiro atoms. The molecule has 0 aromatic carbocycles. The first kappa shape index (κ1) is 13.1. The monoisotopic (exact) mass is 262 g/mol. The molecule has 0 atom stereocenters. The summed E-state index contributed by atoms with van der Waals surface area (Å²) in [5.41, 5.74) is 1.07. The third-order valence-corrected chi connectivity index (χ3v) is 3.64. The van der Waals surface area contributed by atoms with Gasteiger partial charge in [0.15, 0.2) is 10.8 Å². The van der Waals surface area contributed by atoms with Crippen LogP contribution in [-0.4, -0.2) is 21.5 Å². The van der Waals surface area contributed by atoms with Crippen LogP contribution in [0.25, 0.3) is 10.8 Å². The molecule has 2 aromatic rings. The maximum absolute atomic E-state index is 4.53. The zero-order chi connectivity index (χ0) is 13.0. The van der Waals surface area contributed by atoms with Crippen molar-refractivity contribution in [3.63, 3.8) is 0 Å². The number of aryl methyl sites for hydroxylation is 1. The van der Waals surface area contributed by atoms with Gasteiger partial charge in [-0.3, -0.25) is 0 Å². The van der Waals surface area contributed by atoms with E-state index >= 15 is 0 Å². The van der Waals surface area contributed by atoms with Gasteiger partial charge >= 0.3 is 0 Å². The summed E-state index contributed by atoms with van der Waals surface area (Å²) in [5, 5.41) is 4.33. The largest absolute Gasteiger partial charge is 0.312 e. The lowest BCUT2D eigenvalue weighted by Crippen LogP contribution is -2.18. The molecule has 0 amide bonds. The number of aromatic nitrogens is 3. The lowest BCUT2D eigenvalue weighted by Gasteiger charge is -2.05. The fourth-order valence-corrected chi connectivity index (χ4v) is 2.55. The average Bonchev–Trinajstić information content (AvgIpc) is 2.72. The molecule has 0 aliphatic carbocycles. The van der Waals surface area contributed by atoms with E-state index in [9.17, 15) is 0 Å². The van der Waals surface area contributed by atoms with E-state index in [-0.39, 0.29) is 0 Å². The maximum Gasteiger partial charge on any atom is 0.188 e. The topological polar surface area (TPSA) is 50.7 Å². The van der Waals surface area contributed by atoms with Gasteiger partial charge in [-0.05, 0) is 25.5 Å². The summed E-state index contributed by atoms with van der Waals surface area (Å²) in [6, 6.07) is 1.81. The van der Waals surface area contributed by atoms with Crippen LogP contribution in [0, 0.1) is 12.8 Å². The summed E-state index contributed by atoms with van der Waals surface area (Å²) in [4.78, 5) is 14.3. The van der Waals surface area contributed by atoms with Gasteiger partial charge in [0.1, 0.15) is 0 Å². The van der Waals surface area contributed by atoms with Crippen molar-refractivity contribution in [1.29, 1.82) is 0 Å². The fourth-order valence-electron chi connectivity index (χ4n) is 1.57. The average molecular weight is 262 g/mol. The fraction of sp³-hybridized carbons (Fsp3) is 0.462. The summed E-state index contributed by atoms with van der Waals surface area (Å²) in [6.07, 6.45) is 3.49. The van der Waals surface area contributed by atoms with E-state index < -0.39 is 0 Å². The highest BCUT2D eigenvalue weighted by Gasteiger charge is 2.10. The van der Waals surface area contributed by atoms with Crippen LogP contribution in [0.15, 0.2) is 18.5 Å². The molecule has 2 rings (SSSR count). The Balaban J connectivity index is 2.08. The molecule has 96 valence electrons. The highest BCUT2D eigenvalue weighted by molar-refractivity contribution is 7.15. The number of hydrogen-bond donors (Lipinski definition) is 1. The van der Waals surface area contributed by atoms with Gasteiger partial charge < -0.3 is 5.32 Å². The molecule has 0 saturated carbocycles. The van der Waals surface area contributed by atoms with Crippen LogP contribution < -0.4 is 5.32 Å². The number of hydrogen-bond acceptors (Lipinski definition) is 5. The molecular weight excluding hydrogens is 244 g/mol. The minimum Gasteiger partial charge on any atom is -0.312 e. The Morgan fingerprint density at radius 1 is 1.28 bits per heavy atom. The predicted molar refractivity (Wildman–Crippen MR) is 74.4 cm³/mol. The zero-order valence-electron chi connectivity index (χ0n) is 11.0. The van der Waals surface area contributed by atoms with Gasteiger partial charge in [-0.1, -0.05) is 13.8 Å². The van der Waals surface area contributed by atoms with Gasteiger partial charge in [-0.2, -0.15) is 0 Å². The predicted octanol–water partition coefficient (Wildman–Crippen LogP) is 2.65. The highest BCUT2D eigenvalue weighted by Crippen LogP contribution is 2.24. The molecule has 0 fully saturated rings. The molecule has 0 saturated heterocycles. The highest BCUT2D eigenvalue weighted by atomic mass is 32.1. The van der Waals surface area contributed by atoms with Crippen molar-refractivity contribution in [2.75, 3.05) is 6.54 Å². The Bertz CT molecular complexity index is 493. The van der Waals surface area contributed by atoms with Gasteiger partial charge in [0.2, 0.25) is 0 Å². The Hall–Kier alpha value is -1.33. The third kappa shape index (κ3) is 3.34. The molecule has 5 heteroatoms. The molecule has 2 aromatic heterocycles. The van der Waals surface area contributed by atoms with Crippen LogP contribution >= 0.6 is 11.3 Å². The number of nitrogens with one attached hydrogen (secondary N) is 1. The van der Waals surface area contributed by atoms with Crippen LogP contribution in [0.1, 0.15) is 24.4 Å². The summed E-state index contributed by atoms with van der Waals surface area (Å²) in [7, 11) is 0. The second kappa shape index (κ2) is 6.02. The van der Waals surface area contributed by atoms with E-state index in [1.807, 2.05) is 13.0 Å². The summed E-state index contributed by atoms with van der Waals surface area (Å²) in [5.74, 6) is 1.37. The van der Waals surface area contributed by atoms with E-state index in [0.29, 0.717) is 11.7 Å². The standard InChI is InChI=1S/C13H18N4S/c1-9(2)7-14-8-11-10(3)17-13(18-11)12-15-5-4-6-16-12/h4-6,9,14H,7-8H2,1-3H3. The molecule has 4 nitrogen and oxygen atoms in total. The molecule has 0 bridgehead atoms. The molecule has 1 N–H and O–H groups in total. The summed E-state index contributed by atoms with van der Waals surface area (Å²) < 4.78 is 0. The quantitative estimate of drug-likeness (QED) is 0.900. The van der Waals surface area contributed by atoms with E-state index in [0.717, 1.165) is 23.8 Å². The second-order valence-corrected chi connectivity index (χ2v) is 5.71. The lowest BCUT2D eigenvalue weighted by molar-refractivity contribution is 0.554. The summed E-state index contributed by atoms with van der Waals surface area (Å²) >= 11 is 1.67. The lowest BCUT2D eigenvalue weighted by atomic mass is 10.2. The molecule has 0 aliphatic heterocycles. The number of rotatable bonds is 5. The zero-order valence-corrected chi connectivity index (χ0v) is 11.8. The van der Waals surface area contributed by atoms with Crippen molar-refractivity contribution in [3.8, 4) is 10.8 Å². The van der Waals surface area contributed by atoms with Crippen LogP contribution in [-0.2, 0) is 6.54 Å². The van der Waals surface area contributed by atoms with Gasteiger partial charge in [0.25, 0.3) is 0 Å². The van der Waals surface area contributed by atoms with Crippen molar-refractivity contribution >= 4 is 11.3 Å². The first-order valence-electron chi connectivity index (χ1n) is 6.11.